The summed E-state index contributed by atoms with van der Waals surface area (Å²) >= 11 is 0. The van der Waals surface area contributed by atoms with Crippen molar-refractivity contribution in [2.45, 2.75) is 26.2 Å². The van der Waals surface area contributed by atoms with Crippen LogP contribution in [-0.2, 0) is 12.8 Å². The van der Waals surface area contributed by atoms with Gasteiger partial charge in [0.05, 0.1) is 12.5 Å². The van der Waals surface area contributed by atoms with E-state index in [1.165, 1.54) is 0 Å². The van der Waals surface area contributed by atoms with Gasteiger partial charge in [-0.15, -0.1) is 0 Å². The zero-order valence-corrected chi connectivity index (χ0v) is 11.7. The van der Waals surface area contributed by atoms with Gasteiger partial charge in [-0.25, -0.2) is 5.43 Å². The Morgan fingerprint density at radius 2 is 2.43 bits per heavy atom. The molecular weight excluding hydrogens is 268 g/mol. The predicted octanol–water partition coefficient (Wildman–Crippen LogP) is 2.31. The van der Waals surface area contributed by atoms with Crippen LogP contribution in [0.5, 0.6) is 0 Å². The molecule has 2 N–H and O–H groups in total. The van der Waals surface area contributed by atoms with Gasteiger partial charge >= 0.3 is 0 Å². The summed E-state index contributed by atoms with van der Waals surface area (Å²) in [6.07, 6.45) is 7.95. The van der Waals surface area contributed by atoms with Gasteiger partial charge in [0.2, 0.25) is 0 Å². The first-order valence-corrected chi connectivity index (χ1v) is 6.85. The smallest absolute Gasteiger partial charge is 0.292 e. The lowest BCUT2D eigenvalue weighted by Gasteiger charge is -1.98. The molecule has 0 spiro atoms. The fourth-order valence-electron chi connectivity index (χ4n) is 2.39. The Bertz CT molecular complexity index is 695. The van der Waals surface area contributed by atoms with E-state index in [-0.39, 0.29) is 5.91 Å². The number of hydrogen-bond donors (Lipinski definition) is 2. The minimum atomic E-state index is -0.281. The van der Waals surface area contributed by atoms with Crippen LogP contribution in [0.15, 0.2) is 33.5 Å². The van der Waals surface area contributed by atoms with E-state index in [1.807, 2.05) is 25.1 Å². The molecule has 0 fully saturated rings. The van der Waals surface area contributed by atoms with E-state index < -0.39 is 0 Å². The standard InChI is InChI=1S/C15H16N4O2/c1-10(8-11-4-3-7-21-11)9-16-19-15(20)14-12-5-2-6-13(12)17-18-14/h3-4,7-9H,2,5-6H2,1H3,(H,17,18)(H,19,20). The number of H-pyrrole nitrogens is 1. The van der Waals surface area contributed by atoms with Crippen molar-refractivity contribution in [2.24, 2.45) is 5.10 Å². The minimum Gasteiger partial charge on any atom is -0.465 e. The fraction of sp³-hybridized carbons (Fsp3) is 0.267. The number of hydrogen-bond acceptors (Lipinski definition) is 4. The van der Waals surface area contributed by atoms with Crippen LogP contribution in [0.3, 0.4) is 0 Å². The number of aromatic nitrogens is 2. The molecule has 6 heteroatoms. The van der Waals surface area contributed by atoms with E-state index in [9.17, 15) is 4.79 Å². The van der Waals surface area contributed by atoms with E-state index in [0.717, 1.165) is 41.9 Å². The van der Waals surface area contributed by atoms with Crippen LogP contribution in [0.2, 0.25) is 0 Å². The summed E-state index contributed by atoms with van der Waals surface area (Å²) in [6, 6.07) is 3.67. The molecule has 0 saturated heterocycles. The average Bonchev–Trinajstić information content (AvgIpc) is 3.15. The molecule has 0 radical (unpaired) electrons. The molecule has 1 amide bonds. The zero-order valence-electron chi connectivity index (χ0n) is 11.7. The van der Waals surface area contributed by atoms with Gasteiger partial charge < -0.3 is 4.42 Å². The number of carbonyl (C=O) groups is 1. The van der Waals surface area contributed by atoms with E-state index in [0.29, 0.717) is 5.69 Å². The molecule has 0 aliphatic heterocycles. The number of nitrogens with zero attached hydrogens (tertiary/aromatic N) is 2. The van der Waals surface area contributed by atoms with Crippen molar-refractivity contribution >= 4 is 18.2 Å². The summed E-state index contributed by atoms with van der Waals surface area (Å²) in [7, 11) is 0. The monoisotopic (exact) mass is 284 g/mol. The van der Waals surface area contributed by atoms with Gasteiger partial charge in [-0.2, -0.15) is 10.2 Å². The third-order valence-corrected chi connectivity index (χ3v) is 3.37. The van der Waals surface area contributed by atoms with Crippen LogP contribution in [0.25, 0.3) is 6.08 Å². The van der Waals surface area contributed by atoms with Gasteiger partial charge in [-0.1, -0.05) is 0 Å². The number of allylic oxidation sites excluding steroid dienone is 1. The molecular formula is C15H16N4O2. The largest absolute Gasteiger partial charge is 0.465 e. The van der Waals surface area contributed by atoms with Crippen molar-refractivity contribution in [2.75, 3.05) is 0 Å². The average molecular weight is 284 g/mol. The van der Waals surface area contributed by atoms with Gasteiger partial charge in [0.25, 0.3) is 5.91 Å². The Balaban J connectivity index is 1.62. The van der Waals surface area contributed by atoms with Crippen molar-refractivity contribution in [3.8, 4) is 0 Å². The first kappa shape index (κ1) is 13.4. The van der Waals surface area contributed by atoms with Gasteiger partial charge in [-0.3, -0.25) is 9.89 Å². The Labute approximate surface area is 121 Å². The summed E-state index contributed by atoms with van der Waals surface area (Å²) in [5.74, 6) is 0.465. The quantitative estimate of drug-likeness (QED) is 0.667. The lowest BCUT2D eigenvalue weighted by atomic mass is 10.2. The van der Waals surface area contributed by atoms with E-state index in [2.05, 4.69) is 20.7 Å². The lowest BCUT2D eigenvalue weighted by Crippen LogP contribution is -2.19. The number of furan rings is 1. The van der Waals surface area contributed by atoms with Gasteiger partial charge in [0, 0.05) is 11.3 Å². The molecule has 0 saturated carbocycles. The first-order valence-electron chi connectivity index (χ1n) is 6.85. The third kappa shape index (κ3) is 2.94. The number of hydrazone groups is 1. The predicted molar refractivity (Wildman–Crippen MR) is 78.9 cm³/mol. The van der Waals surface area contributed by atoms with E-state index in [4.69, 9.17) is 4.42 Å². The molecule has 3 rings (SSSR count). The second-order valence-corrected chi connectivity index (χ2v) is 4.99. The molecule has 108 valence electrons. The van der Waals surface area contributed by atoms with Crippen LogP contribution in [0.4, 0.5) is 0 Å². The number of carbonyl (C=O) groups excluding carboxylic acids is 1. The molecule has 2 aromatic heterocycles. The molecule has 1 aliphatic carbocycles. The number of aromatic amines is 1. The Kier molecular flexibility index (Phi) is 3.68. The molecule has 2 aromatic rings. The summed E-state index contributed by atoms with van der Waals surface area (Å²) in [6.45, 7) is 1.88. The van der Waals surface area contributed by atoms with E-state index in [1.54, 1.807) is 12.5 Å². The highest BCUT2D eigenvalue weighted by molar-refractivity contribution is 5.95. The Morgan fingerprint density at radius 3 is 3.24 bits per heavy atom. The molecule has 21 heavy (non-hydrogen) atoms. The van der Waals surface area contributed by atoms with Crippen LogP contribution >= 0.6 is 0 Å². The summed E-state index contributed by atoms with van der Waals surface area (Å²) in [5, 5.41) is 10.9. The summed E-state index contributed by atoms with van der Waals surface area (Å²) in [5.41, 5.74) is 5.91. The second kappa shape index (κ2) is 5.78. The third-order valence-electron chi connectivity index (χ3n) is 3.37. The van der Waals surface area contributed by atoms with Gasteiger partial charge in [0.1, 0.15) is 5.76 Å². The maximum absolute atomic E-state index is 12.0. The molecule has 6 nitrogen and oxygen atoms in total. The van der Waals surface area contributed by atoms with Crippen LogP contribution in [-0.4, -0.2) is 22.3 Å². The molecule has 0 bridgehead atoms. The molecule has 2 heterocycles. The maximum atomic E-state index is 12.0. The topological polar surface area (TPSA) is 83.3 Å². The molecule has 0 atom stereocenters. The maximum Gasteiger partial charge on any atom is 0.292 e. The highest BCUT2D eigenvalue weighted by Gasteiger charge is 2.22. The zero-order chi connectivity index (χ0) is 14.7. The molecule has 0 unspecified atom stereocenters. The minimum absolute atomic E-state index is 0.281. The van der Waals surface area contributed by atoms with Crippen molar-refractivity contribution in [1.82, 2.24) is 15.6 Å². The van der Waals surface area contributed by atoms with E-state index >= 15 is 0 Å². The van der Waals surface area contributed by atoms with Crippen molar-refractivity contribution in [3.63, 3.8) is 0 Å². The number of nitrogens with one attached hydrogen (secondary N) is 2. The summed E-state index contributed by atoms with van der Waals surface area (Å²) in [4.78, 5) is 12.0. The fourth-order valence-corrected chi connectivity index (χ4v) is 2.39. The van der Waals surface area contributed by atoms with Crippen molar-refractivity contribution in [1.29, 1.82) is 0 Å². The lowest BCUT2D eigenvalue weighted by molar-refractivity contribution is 0.0949. The van der Waals surface area contributed by atoms with Crippen LogP contribution in [0, 0.1) is 0 Å². The number of aryl methyl sites for hydroxylation is 1. The highest BCUT2D eigenvalue weighted by Crippen LogP contribution is 2.22. The van der Waals surface area contributed by atoms with Gasteiger partial charge in [-0.05, 0) is 50.0 Å². The van der Waals surface area contributed by atoms with Gasteiger partial charge in [0.15, 0.2) is 5.69 Å². The summed E-state index contributed by atoms with van der Waals surface area (Å²) < 4.78 is 5.20. The van der Waals surface area contributed by atoms with Crippen LogP contribution < -0.4 is 5.43 Å². The van der Waals surface area contributed by atoms with Crippen molar-refractivity contribution < 1.29 is 9.21 Å². The Hall–Kier alpha value is -2.63. The SMILES string of the molecule is CC(C=NNC(=O)c1n[nH]c2c1CCC2)=Cc1ccco1. The molecule has 1 aliphatic rings. The second-order valence-electron chi connectivity index (χ2n) is 4.99. The first-order chi connectivity index (χ1) is 10.2. The molecule has 0 aromatic carbocycles. The van der Waals surface area contributed by atoms with Crippen molar-refractivity contribution in [3.05, 3.63) is 46.7 Å². The highest BCUT2D eigenvalue weighted by atomic mass is 16.3. The number of amides is 1. The van der Waals surface area contributed by atoms with Crippen LogP contribution in [0.1, 0.15) is 40.9 Å². The normalized spacial score (nSPS) is 14.6. The Morgan fingerprint density at radius 1 is 1.52 bits per heavy atom. The number of fused-ring (bicyclic) bond motifs is 1. The number of rotatable bonds is 4.